The zero-order valence-electron chi connectivity index (χ0n) is 11.1. The van der Waals surface area contributed by atoms with Gasteiger partial charge < -0.3 is 5.32 Å². The fourth-order valence-corrected chi connectivity index (χ4v) is 2.68. The van der Waals surface area contributed by atoms with Crippen molar-refractivity contribution in [3.05, 3.63) is 42.0 Å². The molecule has 1 aliphatic rings. The molecule has 5 nitrogen and oxygen atoms in total. The minimum Gasteiger partial charge on any atom is -0.352 e. The molecule has 108 valence electrons. The van der Waals surface area contributed by atoms with Crippen molar-refractivity contribution in [2.24, 2.45) is 11.1 Å². The van der Waals surface area contributed by atoms with Crippen molar-refractivity contribution in [1.82, 2.24) is 5.32 Å². The topological polar surface area (TPSA) is 89.3 Å². The van der Waals surface area contributed by atoms with Crippen LogP contribution in [0.1, 0.15) is 24.8 Å². The molecule has 0 saturated heterocycles. The molecule has 0 unspecified atom stereocenters. The van der Waals surface area contributed by atoms with Gasteiger partial charge in [-0.25, -0.2) is 13.6 Å². The second-order valence-electron chi connectivity index (χ2n) is 4.89. The maximum atomic E-state index is 11.9. The Hall–Kier alpha value is -1.66. The summed E-state index contributed by atoms with van der Waals surface area (Å²) in [5.41, 5.74) is 0.845. The summed E-state index contributed by atoms with van der Waals surface area (Å²) in [6, 6.07) is 6.20. The van der Waals surface area contributed by atoms with E-state index in [1.807, 2.05) is 6.08 Å². The van der Waals surface area contributed by atoms with Crippen LogP contribution < -0.4 is 10.5 Å². The fraction of sp³-hybridized carbons (Fsp3) is 0.357. The third kappa shape index (κ3) is 3.91. The molecule has 1 amide bonds. The number of nitrogens with one attached hydrogen (secondary N) is 1. The van der Waals surface area contributed by atoms with E-state index < -0.39 is 10.0 Å². The van der Waals surface area contributed by atoms with Gasteiger partial charge in [0.15, 0.2) is 0 Å². The lowest BCUT2D eigenvalue weighted by atomic mass is 9.93. The Morgan fingerprint density at radius 1 is 1.25 bits per heavy atom. The molecule has 0 spiro atoms. The molecule has 0 heterocycles. The average Bonchev–Trinajstić information content (AvgIpc) is 2.45. The quantitative estimate of drug-likeness (QED) is 0.820. The number of rotatable bonds is 4. The fourth-order valence-electron chi connectivity index (χ4n) is 2.16. The number of nitrogens with two attached hydrogens (primary N) is 1. The Morgan fingerprint density at radius 3 is 2.50 bits per heavy atom. The molecule has 1 atom stereocenters. The molecule has 3 N–H and O–H groups in total. The lowest BCUT2D eigenvalue weighted by Crippen LogP contribution is -2.30. The first-order valence-electron chi connectivity index (χ1n) is 6.51. The summed E-state index contributed by atoms with van der Waals surface area (Å²) in [5.74, 6) is 0.0913. The van der Waals surface area contributed by atoms with Gasteiger partial charge in [-0.3, -0.25) is 4.79 Å². The number of hydrogen-bond donors (Lipinski definition) is 2. The van der Waals surface area contributed by atoms with Gasteiger partial charge in [0, 0.05) is 12.5 Å². The number of hydrogen-bond acceptors (Lipinski definition) is 3. The summed E-state index contributed by atoms with van der Waals surface area (Å²) in [4.78, 5) is 12.0. The first kappa shape index (κ1) is 14.7. The summed E-state index contributed by atoms with van der Waals surface area (Å²) in [5, 5.41) is 7.90. The van der Waals surface area contributed by atoms with Crippen LogP contribution in [0.5, 0.6) is 0 Å². The molecule has 1 aliphatic carbocycles. The highest BCUT2D eigenvalue weighted by molar-refractivity contribution is 7.89. The zero-order chi connectivity index (χ0) is 14.6. The second kappa shape index (κ2) is 6.19. The minimum absolute atomic E-state index is 0.0451. The van der Waals surface area contributed by atoms with Crippen LogP contribution in [0.15, 0.2) is 41.3 Å². The standard InChI is InChI=1S/C14H18N2O3S/c15-20(18,19)13-8-6-11(7-9-13)10-16-14(17)12-4-2-1-3-5-12/h1-2,6-9,12H,3-5,10H2,(H,16,17)(H2,15,18,19)/t12-/m1/s1. The summed E-state index contributed by atoms with van der Waals surface area (Å²) >= 11 is 0. The van der Waals surface area contributed by atoms with E-state index in [2.05, 4.69) is 11.4 Å². The number of carbonyl (C=O) groups excluding carboxylic acids is 1. The van der Waals surface area contributed by atoms with Gasteiger partial charge in [0.25, 0.3) is 0 Å². The number of primary sulfonamides is 1. The van der Waals surface area contributed by atoms with Crippen LogP contribution >= 0.6 is 0 Å². The predicted octanol–water partition coefficient (Wildman–Crippen LogP) is 1.31. The van der Waals surface area contributed by atoms with E-state index >= 15 is 0 Å². The number of carbonyl (C=O) groups is 1. The molecule has 0 radical (unpaired) electrons. The Balaban J connectivity index is 1.91. The molecule has 0 saturated carbocycles. The van der Waals surface area contributed by atoms with Crippen molar-refractivity contribution >= 4 is 15.9 Å². The first-order valence-corrected chi connectivity index (χ1v) is 8.06. The highest BCUT2D eigenvalue weighted by Crippen LogP contribution is 2.18. The van der Waals surface area contributed by atoms with Gasteiger partial charge in [0.05, 0.1) is 4.90 Å². The van der Waals surface area contributed by atoms with Crippen LogP contribution in [-0.2, 0) is 21.4 Å². The normalized spacial score (nSPS) is 18.8. The molecular weight excluding hydrogens is 276 g/mol. The van der Waals surface area contributed by atoms with E-state index in [-0.39, 0.29) is 16.7 Å². The van der Waals surface area contributed by atoms with E-state index in [1.54, 1.807) is 12.1 Å². The van der Waals surface area contributed by atoms with Gasteiger partial charge in [-0.2, -0.15) is 0 Å². The number of allylic oxidation sites excluding steroid dienone is 2. The smallest absolute Gasteiger partial charge is 0.238 e. The van der Waals surface area contributed by atoms with Gasteiger partial charge in [-0.15, -0.1) is 0 Å². The minimum atomic E-state index is -3.66. The second-order valence-corrected chi connectivity index (χ2v) is 6.45. The highest BCUT2D eigenvalue weighted by Gasteiger charge is 2.18. The van der Waals surface area contributed by atoms with Gasteiger partial charge in [-0.1, -0.05) is 24.3 Å². The van der Waals surface area contributed by atoms with Crippen LogP contribution in [0.3, 0.4) is 0 Å². The van der Waals surface area contributed by atoms with E-state index in [0.29, 0.717) is 6.54 Å². The van der Waals surface area contributed by atoms with Crippen molar-refractivity contribution in [3.8, 4) is 0 Å². The van der Waals surface area contributed by atoms with Crippen molar-refractivity contribution in [1.29, 1.82) is 0 Å². The van der Waals surface area contributed by atoms with E-state index in [4.69, 9.17) is 5.14 Å². The van der Waals surface area contributed by atoms with Crippen molar-refractivity contribution in [2.45, 2.75) is 30.7 Å². The molecule has 20 heavy (non-hydrogen) atoms. The summed E-state index contributed by atoms with van der Waals surface area (Å²) < 4.78 is 22.2. The maximum absolute atomic E-state index is 11.9. The predicted molar refractivity (Wildman–Crippen MR) is 76.1 cm³/mol. The van der Waals surface area contributed by atoms with E-state index in [9.17, 15) is 13.2 Å². The summed E-state index contributed by atoms with van der Waals surface area (Å²) in [7, 11) is -3.66. The summed E-state index contributed by atoms with van der Waals surface area (Å²) in [6.07, 6.45) is 6.74. The van der Waals surface area contributed by atoms with Crippen LogP contribution in [0.4, 0.5) is 0 Å². The maximum Gasteiger partial charge on any atom is 0.238 e. The molecule has 1 aromatic rings. The van der Waals surface area contributed by atoms with Crippen LogP contribution in [0.2, 0.25) is 0 Å². The molecular formula is C14H18N2O3S. The van der Waals surface area contributed by atoms with Crippen LogP contribution in [0, 0.1) is 5.92 Å². The Labute approximate surface area is 118 Å². The van der Waals surface area contributed by atoms with Crippen molar-refractivity contribution < 1.29 is 13.2 Å². The average molecular weight is 294 g/mol. The lowest BCUT2D eigenvalue weighted by molar-refractivity contribution is -0.125. The molecule has 0 fully saturated rings. The first-order chi connectivity index (χ1) is 9.47. The molecule has 2 rings (SSSR count). The highest BCUT2D eigenvalue weighted by atomic mass is 32.2. The monoisotopic (exact) mass is 294 g/mol. The molecule has 6 heteroatoms. The summed E-state index contributed by atoms with van der Waals surface area (Å²) in [6.45, 7) is 0.393. The van der Waals surface area contributed by atoms with Gasteiger partial charge in [0.2, 0.25) is 15.9 Å². The number of benzene rings is 1. The Bertz CT molecular complexity index is 606. The van der Waals surface area contributed by atoms with E-state index in [0.717, 1.165) is 24.8 Å². The zero-order valence-corrected chi connectivity index (χ0v) is 11.9. The Kier molecular flexibility index (Phi) is 4.57. The molecule has 0 aromatic heterocycles. The van der Waals surface area contributed by atoms with Crippen LogP contribution in [0.25, 0.3) is 0 Å². The number of amides is 1. The largest absolute Gasteiger partial charge is 0.352 e. The lowest BCUT2D eigenvalue weighted by Gasteiger charge is -2.17. The third-order valence-corrected chi connectivity index (χ3v) is 4.29. The van der Waals surface area contributed by atoms with Gasteiger partial charge in [-0.05, 0) is 37.0 Å². The van der Waals surface area contributed by atoms with Crippen molar-refractivity contribution in [3.63, 3.8) is 0 Å². The van der Waals surface area contributed by atoms with Gasteiger partial charge >= 0.3 is 0 Å². The molecule has 0 bridgehead atoms. The SMILES string of the molecule is NS(=O)(=O)c1ccc(CNC(=O)[C@@H]2CC=CCC2)cc1. The molecule has 0 aliphatic heterocycles. The van der Waals surface area contributed by atoms with Gasteiger partial charge in [0.1, 0.15) is 0 Å². The van der Waals surface area contributed by atoms with Crippen LogP contribution in [-0.4, -0.2) is 14.3 Å². The third-order valence-electron chi connectivity index (χ3n) is 3.36. The Morgan fingerprint density at radius 2 is 1.95 bits per heavy atom. The van der Waals surface area contributed by atoms with Crippen molar-refractivity contribution in [2.75, 3.05) is 0 Å². The molecule has 1 aromatic carbocycles. The number of sulfonamides is 1. The van der Waals surface area contributed by atoms with E-state index in [1.165, 1.54) is 12.1 Å².